The second kappa shape index (κ2) is 9.87. The summed E-state index contributed by atoms with van der Waals surface area (Å²) in [4.78, 5) is 4.36. The maximum absolute atomic E-state index is 4.36. The summed E-state index contributed by atoms with van der Waals surface area (Å²) in [6, 6.07) is 6.09. The van der Waals surface area contributed by atoms with Gasteiger partial charge in [-0.2, -0.15) is 0 Å². The van der Waals surface area contributed by atoms with E-state index in [1.54, 1.807) is 0 Å². The highest BCUT2D eigenvalue weighted by Crippen LogP contribution is 2.13. The minimum Gasteiger partial charge on any atom is -0.257 e. The van der Waals surface area contributed by atoms with E-state index in [0.717, 1.165) is 5.69 Å². The van der Waals surface area contributed by atoms with Crippen molar-refractivity contribution < 1.29 is 0 Å². The van der Waals surface area contributed by atoms with Crippen LogP contribution in [0.1, 0.15) is 70.9 Å². The fraction of sp³-hybridized carbons (Fsp3) is 0.588. The van der Waals surface area contributed by atoms with Gasteiger partial charge >= 0.3 is 0 Å². The Morgan fingerprint density at radius 2 is 1.78 bits per heavy atom. The van der Waals surface area contributed by atoms with Crippen LogP contribution in [0.25, 0.3) is 5.57 Å². The van der Waals surface area contributed by atoms with Crippen molar-refractivity contribution in [1.82, 2.24) is 4.98 Å². The zero-order valence-corrected chi connectivity index (χ0v) is 12.0. The predicted octanol–water partition coefficient (Wildman–Crippen LogP) is 5.63. The molecule has 18 heavy (non-hydrogen) atoms. The lowest BCUT2D eigenvalue weighted by Crippen LogP contribution is -1.84. The third kappa shape index (κ3) is 6.58. The molecule has 1 nitrogen and oxygen atoms in total. The summed E-state index contributed by atoms with van der Waals surface area (Å²) in [7, 11) is 0. The molecular weight excluding hydrogens is 218 g/mol. The van der Waals surface area contributed by atoms with E-state index in [0.29, 0.717) is 0 Å². The average Bonchev–Trinajstić information content (AvgIpc) is 2.42. The van der Waals surface area contributed by atoms with Gasteiger partial charge in [-0.05, 0) is 37.5 Å². The number of nitrogens with zero attached hydrogens (tertiary/aromatic N) is 1. The van der Waals surface area contributed by atoms with Gasteiger partial charge < -0.3 is 0 Å². The van der Waals surface area contributed by atoms with Crippen molar-refractivity contribution in [1.29, 1.82) is 0 Å². The first-order valence-electron chi connectivity index (χ1n) is 7.42. The first-order valence-corrected chi connectivity index (χ1v) is 7.42. The molecule has 0 aliphatic carbocycles. The van der Waals surface area contributed by atoms with Crippen molar-refractivity contribution in [2.24, 2.45) is 0 Å². The summed E-state index contributed by atoms with van der Waals surface area (Å²) in [5.74, 6) is 0. The average molecular weight is 245 g/mol. The van der Waals surface area contributed by atoms with Crippen LogP contribution in [0.2, 0.25) is 0 Å². The first kappa shape index (κ1) is 14.9. The van der Waals surface area contributed by atoms with Crippen LogP contribution in [0, 0.1) is 0 Å². The van der Waals surface area contributed by atoms with Gasteiger partial charge in [0.05, 0.1) is 5.69 Å². The Hall–Kier alpha value is -1.11. The molecule has 0 unspecified atom stereocenters. The van der Waals surface area contributed by atoms with Crippen LogP contribution in [0.5, 0.6) is 0 Å². The van der Waals surface area contributed by atoms with E-state index in [-0.39, 0.29) is 0 Å². The Bertz CT molecular complexity index is 327. The number of pyridine rings is 1. The highest BCUT2D eigenvalue weighted by atomic mass is 14.7. The third-order valence-corrected chi connectivity index (χ3v) is 3.33. The lowest BCUT2D eigenvalue weighted by Gasteiger charge is -2.01. The molecule has 0 saturated heterocycles. The van der Waals surface area contributed by atoms with E-state index in [4.69, 9.17) is 0 Å². The predicted molar refractivity (Wildman–Crippen MR) is 80.5 cm³/mol. The molecule has 1 rings (SSSR count). The quantitative estimate of drug-likeness (QED) is 0.514. The summed E-state index contributed by atoms with van der Waals surface area (Å²) in [5.41, 5.74) is 2.42. The molecule has 1 aromatic rings. The highest BCUT2D eigenvalue weighted by molar-refractivity contribution is 5.59. The molecule has 1 heterocycles. The van der Waals surface area contributed by atoms with Gasteiger partial charge in [-0.3, -0.25) is 4.98 Å². The van der Waals surface area contributed by atoms with Gasteiger partial charge in [-0.15, -0.1) is 0 Å². The summed E-state index contributed by atoms with van der Waals surface area (Å²) in [6.07, 6.45) is 15.0. The van der Waals surface area contributed by atoms with Gasteiger partial charge in [-0.1, -0.05) is 57.6 Å². The Balaban J connectivity index is 2.10. The maximum atomic E-state index is 4.36. The fourth-order valence-electron chi connectivity index (χ4n) is 2.12. The molecule has 100 valence electrons. The van der Waals surface area contributed by atoms with Crippen molar-refractivity contribution in [3.63, 3.8) is 0 Å². The Morgan fingerprint density at radius 3 is 2.44 bits per heavy atom. The molecule has 0 radical (unpaired) electrons. The lowest BCUT2D eigenvalue weighted by molar-refractivity contribution is 0.592. The molecule has 0 N–H and O–H groups in total. The number of unbranched alkanes of at least 4 members (excludes halogenated alkanes) is 7. The van der Waals surface area contributed by atoms with Gasteiger partial charge in [0, 0.05) is 6.20 Å². The number of rotatable bonds is 9. The molecule has 0 saturated carbocycles. The molecular formula is C17H27N. The van der Waals surface area contributed by atoms with Crippen LogP contribution in [-0.4, -0.2) is 4.98 Å². The van der Waals surface area contributed by atoms with Crippen molar-refractivity contribution in [2.45, 2.75) is 65.2 Å². The van der Waals surface area contributed by atoms with Crippen molar-refractivity contribution >= 4 is 5.57 Å². The number of aromatic nitrogens is 1. The summed E-state index contributed by atoms with van der Waals surface area (Å²) in [6.45, 7) is 4.43. The molecule has 0 amide bonds. The Labute approximate surface area is 112 Å². The van der Waals surface area contributed by atoms with E-state index in [2.05, 4.69) is 31.0 Å². The molecule has 0 spiro atoms. The molecule has 1 heteroatoms. The fourth-order valence-corrected chi connectivity index (χ4v) is 2.12. The van der Waals surface area contributed by atoms with E-state index >= 15 is 0 Å². The monoisotopic (exact) mass is 245 g/mol. The molecule has 0 aliphatic heterocycles. The van der Waals surface area contributed by atoms with Crippen LogP contribution in [0.3, 0.4) is 0 Å². The molecule has 0 aromatic carbocycles. The lowest BCUT2D eigenvalue weighted by atomic mass is 10.1. The van der Waals surface area contributed by atoms with Crippen LogP contribution in [-0.2, 0) is 0 Å². The highest BCUT2D eigenvalue weighted by Gasteiger charge is 1.95. The van der Waals surface area contributed by atoms with Crippen molar-refractivity contribution in [2.75, 3.05) is 0 Å². The van der Waals surface area contributed by atoms with E-state index in [1.807, 2.05) is 18.3 Å². The van der Waals surface area contributed by atoms with Gasteiger partial charge in [0.15, 0.2) is 0 Å². The van der Waals surface area contributed by atoms with Crippen LogP contribution in [0.4, 0.5) is 0 Å². The molecule has 0 bridgehead atoms. The minimum absolute atomic E-state index is 1.11. The van der Waals surface area contributed by atoms with Gasteiger partial charge in [0.2, 0.25) is 0 Å². The molecule has 1 aromatic heterocycles. The standard InChI is InChI=1S/C17H27N/c1-3-4-5-6-7-8-9-10-13-16(2)17-14-11-12-15-18-17/h11-15H,3-10H2,1-2H3/b16-13+. The maximum Gasteiger partial charge on any atom is 0.0655 e. The normalized spacial score (nSPS) is 11.8. The van der Waals surface area contributed by atoms with Gasteiger partial charge in [-0.25, -0.2) is 0 Å². The third-order valence-electron chi connectivity index (χ3n) is 3.33. The van der Waals surface area contributed by atoms with Crippen LogP contribution in [0.15, 0.2) is 30.5 Å². The van der Waals surface area contributed by atoms with E-state index in [9.17, 15) is 0 Å². The van der Waals surface area contributed by atoms with Gasteiger partial charge in [0.25, 0.3) is 0 Å². The van der Waals surface area contributed by atoms with Crippen molar-refractivity contribution in [3.8, 4) is 0 Å². The Morgan fingerprint density at radius 1 is 1.06 bits per heavy atom. The number of hydrogen-bond donors (Lipinski definition) is 0. The summed E-state index contributed by atoms with van der Waals surface area (Å²) in [5, 5.41) is 0. The summed E-state index contributed by atoms with van der Waals surface area (Å²) < 4.78 is 0. The topological polar surface area (TPSA) is 12.9 Å². The molecule has 0 aliphatic rings. The number of allylic oxidation sites excluding steroid dienone is 2. The zero-order valence-electron chi connectivity index (χ0n) is 12.0. The second-order valence-corrected chi connectivity index (χ2v) is 5.01. The molecule has 0 fully saturated rings. The largest absolute Gasteiger partial charge is 0.257 e. The first-order chi connectivity index (χ1) is 8.84. The SMILES string of the molecule is CCCCCCCCC/C=C(\C)c1ccccn1. The van der Waals surface area contributed by atoms with Crippen molar-refractivity contribution in [3.05, 3.63) is 36.2 Å². The zero-order chi connectivity index (χ0) is 13.1. The minimum atomic E-state index is 1.11. The van der Waals surface area contributed by atoms with E-state index < -0.39 is 0 Å². The second-order valence-electron chi connectivity index (χ2n) is 5.01. The molecule has 0 atom stereocenters. The smallest absolute Gasteiger partial charge is 0.0655 e. The Kier molecular flexibility index (Phi) is 8.20. The summed E-state index contributed by atoms with van der Waals surface area (Å²) >= 11 is 0. The van der Waals surface area contributed by atoms with Crippen LogP contribution >= 0.6 is 0 Å². The number of hydrogen-bond acceptors (Lipinski definition) is 1. The van der Waals surface area contributed by atoms with Gasteiger partial charge in [0.1, 0.15) is 0 Å². The van der Waals surface area contributed by atoms with Crippen LogP contribution < -0.4 is 0 Å². The van der Waals surface area contributed by atoms with E-state index in [1.165, 1.54) is 56.9 Å².